The van der Waals surface area contributed by atoms with Crippen molar-refractivity contribution in [1.29, 1.82) is 0 Å². The Hall–Kier alpha value is -1.85. The van der Waals surface area contributed by atoms with Crippen LogP contribution in [-0.4, -0.2) is 13.3 Å². The van der Waals surface area contributed by atoms with E-state index >= 15 is 0 Å². The first-order chi connectivity index (χ1) is 8.77. The first-order valence-corrected chi connectivity index (χ1v) is 5.74. The molecule has 0 radical (unpaired) electrons. The van der Waals surface area contributed by atoms with E-state index in [4.69, 9.17) is 16.2 Å². The topological polar surface area (TPSA) is 61.3 Å². The molecule has 6 heteroatoms. The minimum atomic E-state index is -4.56. The highest BCUT2D eigenvalue weighted by atomic mass is 19.4. The van der Waals surface area contributed by atoms with Crippen LogP contribution in [0.25, 0.3) is 5.57 Å². The van der Waals surface area contributed by atoms with Crippen LogP contribution in [0, 0.1) is 0 Å². The molecule has 0 spiro atoms. The van der Waals surface area contributed by atoms with Crippen LogP contribution in [0.4, 0.5) is 18.9 Å². The van der Waals surface area contributed by atoms with Crippen LogP contribution in [0.5, 0.6) is 5.75 Å². The summed E-state index contributed by atoms with van der Waals surface area (Å²) < 4.78 is 42.1. The molecule has 0 aliphatic heterocycles. The molecule has 0 bridgehead atoms. The van der Waals surface area contributed by atoms with Crippen molar-refractivity contribution in [2.24, 2.45) is 5.73 Å². The highest BCUT2D eigenvalue weighted by Gasteiger charge is 2.33. The van der Waals surface area contributed by atoms with Gasteiger partial charge in [0, 0.05) is 17.3 Å². The summed E-state index contributed by atoms with van der Waals surface area (Å²) in [4.78, 5) is 0. The van der Waals surface area contributed by atoms with Crippen LogP contribution in [0.2, 0.25) is 0 Å². The average Bonchev–Trinajstić information content (AvgIpc) is 2.38. The number of ether oxygens (including phenoxy) is 1. The number of nitrogens with two attached hydrogens (primary N) is 2. The van der Waals surface area contributed by atoms with Gasteiger partial charge in [-0.3, -0.25) is 0 Å². The molecule has 0 amide bonds. The van der Waals surface area contributed by atoms with Gasteiger partial charge in [-0.1, -0.05) is 13.8 Å². The number of hydrogen-bond acceptors (Lipinski definition) is 3. The number of allylic oxidation sites excluding steroid dienone is 2. The van der Waals surface area contributed by atoms with Gasteiger partial charge in [0.25, 0.3) is 0 Å². The molecule has 0 heterocycles. The largest absolute Gasteiger partial charge is 0.497 e. The van der Waals surface area contributed by atoms with Gasteiger partial charge in [-0.2, -0.15) is 13.2 Å². The summed E-state index contributed by atoms with van der Waals surface area (Å²) in [5, 5.41) is 0. The van der Waals surface area contributed by atoms with Crippen molar-refractivity contribution in [3.63, 3.8) is 0 Å². The molecule has 4 N–H and O–H groups in total. The lowest BCUT2D eigenvalue weighted by atomic mass is 10.0. The van der Waals surface area contributed by atoms with Gasteiger partial charge in [-0.25, -0.2) is 0 Å². The molecule has 0 fully saturated rings. The molecule has 0 aromatic heterocycles. The maximum atomic E-state index is 12.4. The fraction of sp³-hybridized carbons (Fsp3) is 0.385. The molecule has 0 aliphatic rings. The molecule has 1 rings (SSSR count). The van der Waals surface area contributed by atoms with E-state index < -0.39 is 11.9 Å². The number of alkyl halides is 3. The summed E-state index contributed by atoms with van der Waals surface area (Å²) >= 11 is 0. The number of rotatable bonds is 2. The monoisotopic (exact) mass is 276 g/mol. The predicted octanol–water partition coefficient (Wildman–Crippen LogP) is 3.56. The van der Waals surface area contributed by atoms with Crippen LogP contribution in [0.1, 0.15) is 26.3 Å². The molecule has 0 atom stereocenters. The Bertz CT molecular complexity index is 454. The maximum Gasteiger partial charge on any atom is 0.430 e. The molecule has 0 saturated carbocycles. The summed E-state index contributed by atoms with van der Waals surface area (Å²) in [6.45, 7) is 5.28. The zero-order chi connectivity index (χ0) is 15.2. The molecule has 3 nitrogen and oxygen atoms in total. The fourth-order valence-electron chi connectivity index (χ4n) is 1.37. The lowest BCUT2D eigenvalue weighted by Gasteiger charge is -2.13. The normalized spacial score (nSPS) is 12.2. The van der Waals surface area contributed by atoms with Crippen LogP contribution >= 0.6 is 0 Å². The van der Waals surface area contributed by atoms with Gasteiger partial charge in [-0.05, 0) is 24.6 Å². The van der Waals surface area contributed by atoms with Gasteiger partial charge in [0.15, 0.2) is 0 Å². The number of halogens is 3. The third kappa shape index (κ3) is 4.39. The number of methoxy groups -OCH3 is 1. The van der Waals surface area contributed by atoms with Gasteiger partial charge < -0.3 is 16.2 Å². The van der Waals surface area contributed by atoms with Gasteiger partial charge in [0.05, 0.1) is 7.11 Å². The summed E-state index contributed by atoms with van der Waals surface area (Å²) in [5.41, 5.74) is 9.87. The van der Waals surface area contributed by atoms with E-state index in [-0.39, 0.29) is 16.8 Å². The molecule has 0 unspecified atom stereocenters. The van der Waals surface area contributed by atoms with Crippen molar-refractivity contribution < 1.29 is 17.9 Å². The molecule has 19 heavy (non-hydrogen) atoms. The van der Waals surface area contributed by atoms with Crippen molar-refractivity contribution in [1.82, 2.24) is 0 Å². The van der Waals surface area contributed by atoms with Crippen LogP contribution in [-0.2, 0) is 0 Å². The Morgan fingerprint density at radius 2 is 1.74 bits per heavy atom. The van der Waals surface area contributed by atoms with Gasteiger partial charge >= 0.3 is 6.18 Å². The predicted molar refractivity (Wildman–Crippen MR) is 71.6 cm³/mol. The van der Waals surface area contributed by atoms with Crippen LogP contribution < -0.4 is 16.2 Å². The summed E-state index contributed by atoms with van der Waals surface area (Å²) in [6.07, 6.45) is -4.56. The molecular weight excluding hydrogens is 257 g/mol. The maximum absolute atomic E-state index is 12.4. The van der Waals surface area contributed by atoms with Crippen molar-refractivity contribution in [3.8, 4) is 5.75 Å². The first-order valence-electron chi connectivity index (χ1n) is 5.74. The minimum absolute atomic E-state index is 0.0994. The standard InChI is InChI=1S/C11H13F3N2O.C2H6/c1-6(10(16)11(12,13)14)8-4-3-7(17-2)5-9(8)15;1-2/h3-5H,15-16H2,1-2H3;1-2H3/b10-6-;. The SMILES string of the molecule is CC.COc1ccc(/C(C)=C(\N)C(F)(F)F)c(N)c1. The third-order valence-corrected chi connectivity index (χ3v) is 2.37. The second kappa shape index (κ2) is 6.92. The first kappa shape index (κ1) is 17.2. The highest BCUT2D eigenvalue weighted by Crippen LogP contribution is 2.32. The zero-order valence-corrected chi connectivity index (χ0v) is 11.4. The van der Waals surface area contributed by atoms with E-state index in [0.717, 1.165) is 0 Å². The molecule has 108 valence electrons. The molecule has 1 aromatic rings. The van der Waals surface area contributed by atoms with Gasteiger partial charge in [0.2, 0.25) is 0 Å². The lowest BCUT2D eigenvalue weighted by molar-refractivity contribution is -0.0920. The number of benzene rings is 1. The smallest absolute Gasteiger partial charge is 0.430 e. The van der Waals surface area contributed by atoms with Crippen LogP contribution in [0.15, 0.2) is 23.9 Å². The summed E-state index contributed by atoms with van der Waals surface area (Å²) in [6, 6.07) is 4.42. The Morgan fingerprint density at radius 1 is 1.21 bits per heavy atom. The van der Waals surface area contributed by atoms with Crippen molar-refractivity contribution in [3.05, 3.63) is 29.5 Å². The Labute approximate surface area is 111 Å². The van der Waals surface area contributed by atoms with E-state index in [1.807, 2.05) is 13.8 Å². The Morgan fingerprint density at radius 3 is 2.11 bits per heavy atom. The van der Waals surface area contributed by atoms with E-state index in [9.17, 15) is 13.2 Å². The molecule has 0 saturated heterocycles. The van der Waals surface area contributed by atoms with E-state index in [0.29, 0.717) is 5.75 Å². The quantitative estimate of drug-likeness (QED) is 0.812. The minimum Gasteiger partial charge on any atom is -0.497 e. The summed E-state index contributed by atoms with van der Waals surface area (Å²) in [7, 11) is 1.45. The number of anilines is 1. The molecular formula is C13H19F3N2O. The Balaban J connectivity index is 0.00000154. The van der Waals surface area contributed by atoms with Crippen molar-refractivity contribution >= 4 is 11.3 Å². The Kier molecular flexibility index (Phi) is 6.24. The van der Waals surface area contributed by atoms with E-state index in [2.05, 4.69) is 0 Å². The van der Waals surface area contributed by atoms with Gasteiger partial charge in [-0.15, -0.1) is 0 Å². The second-order valence-corrected chi connectivity index (χ2v) is 3.49. The lowest BCUT2D eigenvalue weighted by Crippen LogP contribution is -2.21. The number of nitrogen functional groups attached to an aromatic ring is 1. The number of hydrogen-bond donors (Lipinski definition) is 2. The van der Waals surface area contributed by atoms with E-state index in [1.54, 1.807) is 0 Å². The van der Waals surface area contributed by atoms with Crippen LogP contribution in [0.3, 0.4) is 0 Å². The summed E-state index contributed by atoms with van der Waals surface area (Å²) in [5.74, 6) is 0.477. The zero-order valence-electron chi connectivity index (χ0n) is 11.4. The fourth-order valence-corrected chi connectivity index (χ4v) is 1.37. The van der Waals surface area contributed by atoms with Crippen molar-refractivity contribution in [2.45, 2.75) is 26.9 Å². The average molecular weight is 276 g/mol. The molecule has 0 aliphatic carbocycles. The van der Waals surface area contributed by atoms with Crippen molar-refractivity contribution in [2.75, 3.05) is 12.8 Å². The van der Waals surface area contributed by atoms with Gasteiger partial charge in [0.1, 0.15) is 11.4 Å². The highest BCUT2D eigenvalue weighted by molar-refractivity contribution is 5.76. The van der Waals surface area contributed by atoms with E-state index in [1.165, 1.54) is 32.2 Å². The second-order valence-electron chi connectivity index (χ2n) is 3.49. The molecule has 1 aromatic carbocycles. The third-order valence-electron chi connectivity index (χ3n) is 2.37.